The van der Waals surface area contributed by atoms with E-state index in [0.717, 1.165) is 22.4 Å². The topological polar surface area (TPSA) is 77.6 Å². The minimum Gasteiger partial charge on any atom is -0.496 e. The molecule has 0 bridgehead atoms. The maximum absolute atomic E-state index is 12.9. The van der Waals surface area contributed by atoms with Gasteiger partial charge in [0.05, 0.1) is 19.2 Å². The monoisotopic (exact) mass is 430 g/mol. The largest absolute Gasteiger partial charge is 0.496 e. The van der Waals surface area contributed by atoms with Gasteiger partial charge in [0.2, 0.25) is 5.91 Å². The van der Waals surface area contributed by atoms with Crippen molar-refractivity contribution in [3.63, 3.8) is 0 Å². The molecule has 0 saturated carbocycles. The molecule has 7 nitrogen and oxygen atoms in total. The summed E-state index contributed by atoms with van der Waals surface area (Å²) in [6, 6.07) is 15.4. The van der Waals surface area contributed by atoms with Crippen molar-refractivity contribution in [2.45, 2.75) is 26.8 Å². The van der Waals surface area contributed by atoms with Crippen molar-refractivity contribution in [3.8, 4) is 17.0 Å². The molecule has 0 aliphatic heterocycles. The van der Waals surface area contributed by atoms with E-state index in [2.05, 4.69) is 16.5 Å². The zero-order valence-electron chi connectivity index (χ0n) is 18.5. The van der Waals surface area contributed by atoms with Gasteiger partial charge in [-0.25, -0.2) is 4.52 Å². The number of para-hydroxylation sites is 1. The molecule has 1 N–H and O–H groups in total. The third-order valence-corrected chi connectivity index (χ3v) is 5.48. The van der Waals surface area contributed by atoms with Crippen molar-refractivity contribution in [3.05, 3.63) is 88.0 Å². The number of methoxy groups -OCH3 is 1. The van der Waals surface area contributed by atoms with Crippen molar-refractivity contribution >= 4 is 11.4 Å². The van der Waals surface area contributed by atoms with E-state index in [1.165, 1.54) is 5.56 Å². The normalized spacial score (nSPS) is 11.0. The molecule has 0 fully saturated rings. The second-order valence-corrected chi connectivity index (χ2v) is 7.81. The molecule has 4 rings (SSSR count). The number of amides is 1. The highest BCUT2D eigenvalue weighted by molar-refractivity contribution is 5.79. The highest BCUT2D eigenvalue weighted by Gasteiger charge is 2.12. The molecule has 2 heterocycles. The summed E-state index contributed by atoms with van der Waals surface area (Å²) in [5, 5.41) is 7.44. The number of carbonyl (C=O) groups is 1. The van der Waals surface area contributed by atoms with Gasteiger partial charge in [0.1, 0.15) is 11.3 Å². The Bertz CT molecular complexity index is 1340. The average Bonchev–Trinajstić information content (AvgIpc) is 3.20. The van der Waals surface area contributed by atoms with Gasteiger partial charge in [0, 0.05) is 36.6 Å². The fourth-order valence-corrected chi connectivity index (χ4v) is 3.84. The van der Waals surface area contributed by atoms with Crippen LogP contribution in [0.4, 0.5) is 0 Å². The number of benzene rings is 2. The lowest BCUT2D eigenvalue weighted by Gasteiger charge is -2.10. The summed E-state index contributed by atoms with van der Waals surface area (Å²) < 4.78 is 8.48. The number of hydrogen-bond acceptors (Lipinski definition) is 4. The highest BCUT2D eigenvalue weighted by atomic mass is 16.5. The van der Waals surface area contributed by atoms with Gasteiger partial charge in [-0.1, -0.05) is 42.0 Å². The minimum absolute atomic E-state index is 0.120. The molecule has 164 valence electrons. The maximum atomic E-state index is 12.9. The standard InChI is InChI=1S/C25H26N4O3/c1-17-8-9-20(18(2)14-17)21-16-22-25(31)28(12-13-29(22)27-21)11-10-26-24(30)15-19-6-4-5-7-23(19)32-3/h4-9,12-14,16H,10-11,15H2,1-3H3,(H,26,30). The van der Waals surface area contributed by atoms with Gasteiger partial charge in [0.25, 0.3) is 5.56 Å². The Kier molecular flexibility index (Phi) is 6.07. The first-order valence-corrected chi connectivity index (χ1v) is 10.5. The van der Waals surface area contributed by atoms with Crippen LogP contribution in [0.15, 0.2) is 65.7 Å². The van der Waals surface area contributed by atoms with Crippen LogP contribution in [-0.2, 0) is 17.8 Å². The van der Waals surface area contributed by atoms with E-state index in [1.54, 1.807) is 28.6 Å². The summed E-state index contributed by atoms with van der Waals surface area (Å²) in [6.45, 7) is 4.81. The first kappa shape index (κ1) is 21.4. The van der Waals surface area contributed by atoms with E-state index in [4.69, 9.17) is 4.74 Å². The molecule has 0 saturated heterocycles. The zero-order valence-corrected chi connectivity index (χ0v) is 18.5. The predicted molar refractivity (Wildman–Crippen MR) is 124 cm³/mol. The van der Waals surface area contributed by atoms with Crippen LogP contribution in [0.5, 0.6) is 5.75 Å². The molecule has 32 heavy (non-hydrogen) atoms. The van der Waals surface area contributed by atoms with Crippen LogP contribution in [0.2, 0.25) is 0 Å². The summed E-state index contributed by atoms with van der Waals surface area (Å²) in [7, 11) is 1.58. The van der Waals surface area contributed by atoms with Crippen molar-refractivity contribution in [1.82, 2.24) is 19.5 Å². The lowest BCUT2D eigenvalue weighted by Crippen LogP contribution is -2.32. The van der Waals surface area contributed by atoms with Gasteiger partial charge in [-0.2, -0.15) is 5.10 Å². The second-order valence-electron chi connectivity index (χ2n) is 7.81. The summed E-state index contributed by atoms with van der Waals surface area (Å²) in [6.07, 6.45) is 3.68. The van der Waals surface area contributed by atoms with Crippen LogP contribution in [0.1, 0.15) is 16.7 Å². The van der Waals surface area contributed by atoms with Gasteiger partial charge in [-0.3, -0.25) is 9.59 Å². The quantitative estimate of drug-likeness (QED) is 0.489. The van der Waals surface area contributed by atoms with E-state index < -0.39 is 0 Å². The van der Waals surface area contributed by atoms with Crippen LogP contribution in [0.25, 0.3) is 16.8 Å². The van der Waals surface area contributed by atoms with Crippen LogP contribution >= 0.6 is 0 Å². The van der Waals surface area contributed by atoms with Crippen LogP contribution in [0.3, 0.4) is 0 Å². The molecule has 2 aromatic carbocycles. The van der Waals surface area contributed by atoms with Gasteiger partial charge in [0.15, 0.2) is 0 Å². The third kappa shape index (κ3) is 4.42. The van der Waals surface area contributed by atoms with Crippen molar-refractivity contribution in [2.24, 2.45) is 0 Å². The highest BCUT2D eigenvalue weighted by Crippen LogP contribution is 2.23. The number of fused-ring (bicyclic) bond motifs is 1. The molecule has 2 aromatic heterocycles. The van der Waals surface area contributed by atoms with Gasteiger partial charge < -0.3 is 14.6 Å². The van der Waals surface area contributed by atoms with E-state index in [-0.39, 0.29) is 17.9 Å². The maximum Gasteiger partial charge on any atom is 0.276 e. The van der Waals surface area contributed by atoms with Crippen molar-refractivity contribution in [1.29, 1.82) is 0 Å². The fourth-order valence-electron chi connectivity index (χ4n) is 3.84. The van der Waals surface area contributed by atoms with Crippen LogP contribution < -0.4 is 15.6 Å². The lowest BCUT2D eigenvalue weighted by atomic mass is 10.0. The SMILES string of the molecule is COc1ccccc1CC(=O)NCCn1ccn2nc(-c3ccc(C)cc3C)cc2c1=O. The van der Waals surface area contributed by atoms with Crippen LogP contribution in [0, 0.1) is 13.8 Å². The summed E-state index contributed by atoms with van der Waals surface area (Å²) >= 11 is 0. The van der Waals surface area contributed by atoms with Crippen molar-refractivity contribution < 1.29 is 9.53 Å². The lowest BCUT2D eigenvalue weighted by molar-refractivity contribution is -0.120. The molecule has 0 unspecified atom stereocenters. The van der Waals surface area contributed by atoms with E-state index >= 15 is 0 Å². The number of ether oxygens (including phenoxy) is 1. The Balaban J connectivity index is 1.45. The minimum atomic E-state index is -0.144. The summed E-state index contributed by atoms with van der Waals surface area (Å²) in [5.41, 5.74) is 5.26. The number of hydrogen-bond donors (Lipinski definition) is 1. The molecule has 7 heteroatoms. The van der Waals surface area contributed by atoms with Crippen LogP contribution in [-0.4, -0.2) is 33.7 Å². The molecule has 0 spiro atoms. The Morgan fingerprint density at radius 3 is 2.69 bits per heavy atom. The van der Waals surface area contributed by atoms with E-state index in [9.17, 15) is 9.59 Å². The van der Waals surface area contributed by atoms with Gasteiger partial charge in [-0.15, -0.1) is 0 Å². The van der Waals surface area contributed by atoms with E-state index in [0.29, 0.717) is 24.4 Å². The van der Waals surface area contributed by atoms with Crippen molar-refractivity contribution in [2.75, 3.05) is 13.7 Å². The smallest absolute Gasteiger partial charge is 0.276 e. The molecule has 1 amide bonds. The number of nitrogens with one attached hydrogen (secondary N) is 1. The molecular formula is C25H26N4O3. The molecular weight excluding hydrogens is 404 g/mol. The Morgan fingerprint density at radius 1 is 1.09 bits per heavy atom. The Labute approximate surface area is 186 Å². The number of nitrogens with zero attached hydrogens (tertiary/aromatic N) is 3. The molecule has 0 aliphatic carbocycles. The Morgan fingerprint density at radius 2 is 1.91 bits per heavy atom. The zero-order chi connectivity index (χ0) is 22.7. The first-order valence-electron chi connectivity index (χ1n) is 10.5. The number of rotatable bonds is 7. The molecule has 0 atom stereocenters. The van der Waals surface area contributed by atoms with E-state index in [1.807, 2.05) is 56.3 Å². The molecule has 0 aliphatic rings. The van der Waals surface area contributed by atoms with Gasteiger partial charge >= 0.3 is 0 Å². The average molecular weight is 431 g/mol. The third-order valence-electron chi connectivity index (χ3n) is 5.48. The number of aryl methyl sites for hydroxylation is 2. The summed E-state index contributed by atoms with van der Waals surface area (Å²) in [4.78, 5) is 25.3. The predicted octanol–water partition coefficient (Wildman–Crippen LogP) is 3.15. The second kappa shape index (κ2) is 9.09. The van der Waals surface area contributed by atoms with Gasteiger partial charge in [-0.05, 0) is 31.5 Å². The number of aromatic nitrogens is 3. The summed E-state index contributed by atoms with van der Waals surface area (Å²) in [5.74, 6) is 0.565. The number of carbonyl (C=O) groups excluding carboxylic acids is 1. The molecule has 0 radical (unpaired) electrons. The molecule has 4 aromatic rings. The first-order chi connectivity index (χ1) is 15.5. The Hall–Kier alpha value is -3.87. The fraction of sp³-hybridized carbons (Fsp3) is 0.240.